The van der Waals surface area contributed by atoms with Crippen molar-refractivity contribution in [3.05, 3.63) is 60.3 Å². The Morgan fingerprint density at radius 1 is 1.26 bits per heavy atom. The van der Waals surface area contributed by atoms with Gasteiger partial charge in [-0.25, -0.2) is 18.4 Å². The molecule has 0 saturated heterocycles. The van der Waals surface area contributed by atoms with Gasteiger partial charge in [0.2, 0.25) is 5.91 Å². The molecular weight excluding hydrogens is 454 g/mol. The maximum absolute atomic E-state index is 12.8. The molecule has 0 aromatic carbocycles. The van der Waals surface area contributed by atoms with Crippen LogP contribution >= 0.6 is 0 Å². The summed E-state index contributed by atoms with van der Waals surface area (Å²) in [6.07, 6.45) is 8.68. The second-order valence-electron chi connectivity index (χ2n) is 8.36. The van der Waals surface area contributed by atoms with E-state index < -0.39 is 10.0 Å². The Labute approximate surface area is 196 Å². The molecule has 3 N–H and O–H groups in total. The van der Waals surface area contributed by atoms with E-state index in [0.29, 0.717) is 29.1 Å². The minimum Gasteiger partial charge on any atom is -0.383 e. The zero-order valence-corrected chi connectivity index (χ0v) is 19.5. The van der Waals surface area contributed by atoms with Gasteiger partial charge in [0.25, 0.3) is 10.0 Å². The molecule has 2 atom stereocenters. The third-order valence-electron chi connectivity index (χ3n) is 6.10. The van der Waals surface area contributed by atoms with Crippen LogP contribution in [0.4, 0.5) is 11.6 Å². The third-order valence-corrected chi connectivity index (χ3v) is 7.60. The van der Waals surface area contributed by atoms with Gasteiger partial charge in [-0.2, -0.15) is 9.19 Å². The lowest BCUT2D eigenvalue weighted by atomic mass is 10.1. The fraction of sp³-hybridized carbons (Fsp3) is 0.261. The van der Waals surface area contributed by atoms with E-state index in [-0.39, 0.29) is 23.5 Å². The first-order valence-corrected chi connectivity index (χ1v) is 12.4. The van der Waals surface area contributed by atoms with Crippen molar-refractivity contribution >= 4 is 38.3 Å². The number of nitrogens with zero attached hydrogens (tertiary/aromatic N) is 5. The molecular formula is C23H23N7O3S. The first-order valence-electron chi connectivity index (χ1n) is 10.8. The van der Waals surface area contributed by atoms with Gasteiger partial charge in [-0.1, -0.05) is 0 Å². The number of nitrogens with two attached hydrogens (primary N) is 1. The van der Waals surface area contributed by atoms with E-state index in [2.05, 4.69) is 25.4 Å². The number of nitrogens with one attached hydrogen (secondary N) is 1. The van der Waals surface area contributed by atoms with Gasteiger partial charge in [0.15, 0.2) is 0 Å². The summed E-state index contributed by atoms with van der Waals surface area (Å²) in [7, 11) is -3.44. The highest BCUT2D eigenvalue weighted by molar-refractivity contribution is 7.89. The number of hydrogen-bond acceptors (Lipinski definition) is 8. The Kier molecular flexibility index (Phi) is 5.28. The number of carbonyl (C=O) groups is 1. The van der Waals surface area contributed by atoms with Crippen LogP contribution in [0.1, 0.15) is 30.4 Å². The average Bonchev–Trinajstić information content (AvgIpc) is 3.46. The second-order valence-corrected chi connectivity index (χ2v) is 10.5. The van der Waals surface area contributed by atoms with Gasteiger partial charge in [0.05, 0.1) is 17.6 Å². The molecule has 174 valence electrons. The van der Waals surface area contributed by atoms with Crippen molar-refractivity contribution in [2.24, 2.45) is 5.92 Å². The summed E-state index contributed by atoms with van der Waals surface area (Å²) >= 11 is 0. The lowest BCUT2D eigenvalue weighted by Crippen LogP contribution is -2.16. The summed E-state index contributed by atoms with van der Waals surface area (Å²) in [5.74, 6) is 0.206. The number of hydrogen-bond donors (Lipinski definition) is 2. The highest BCUT2D eigenvalue weighted by Gasteiger charge is 2.45. The number of aryl methyl sites for hydroxylation is 1. The highest BCUT2D eigenvalue weighted by atomic mass is 32.2. The van der Waals surface area contributed by atoms with Crippen molar-refractivity contribution in [3.8, 4) is 11.3 Å². The lowest BCUT2D eigenvalue weighted by molar-refractivity contribution is -0.117. The van der Waals surface area contributed by atoms with E-state index in [1.54, 1.807) is 31.6 Å². The molecule has 1 saturated carbocycles. The molecule has 1 fully saturated rings. The molecule has 1 aliphatic rings. The van der Waals surface area contributed by atoms with Crippen LogP contribution in [0.15, 0.2) is 49.2 Å². The summed E-state index contributed by atoms with van der Waals surface area (Å²) < 4.78 is 24.9. The number of anilines is 2. The van der Waals surface area contributed by atoms with Crippen molar-refractivity contribution in [2.75, 3.05) is 16.8 Å². The average molecular weight is 478 g/mol. The summed E-state index contributed by atoms with van der Waals surface area (Å²) in [5, 5.41) is 8.30. The van der Waals surface area contributed by atoms with Crippen molar-refractivity contribution in [1.29, 1.82) is 0 Å². The van der Waals surface area contributed by atoms with Gasteiger partial charge >= 0.3 is 0 Å². The van der Waals surface area contributed by atoms with E-state index in [4.69, 9.17) is 5.73 Å². The fourth-order valence-electron chi connectivity index (χ4n) is 3.98. The molecule has 1 amide bonds. The Bertz CT molecular complexity index is 1530. The zero-order valence-electron chi connectivity index (χ0n) is 18.6. The molecule has 4 aromatic heterocycles. The number of pyridine rings is 3. The summed E-state index contributed by atoms with van der Waals surface area (Å²) in [6.45, 7) is 3.54. The van der Waals surface area contributed by atoms with E-state index in [1.165, 1.54) is 12.4 Å². The quantitative estimate of drug-likeness (QED) is 0.431. The summed E-state index contributed by atoms with van der Waals surface area (Å²) in [4.78, 5) is 25.8. The molecule has 10 nitrogen and oxygen atoms in total. The Hall–Kier alpha value is -3.86. The van der Waals surface area contributed by atoms with Crippen LogP contribution in [0.25, 0.3) is 22.0 Å². The normalized spacial score (nSPS) is 17.6. The molecule has 5 rings (SSSR count). The van der Waals surface area contributed by atoms with E-state index in [9.17, 15) is 13.2 Å². The van der Waals surface area contributed by atoms with Gasteiger partial charge < -0.3 is 11.1 Å². The number of fused-ring (bicyclic) bond motifs is 1. The van der Waals surface area contributed by atoms with Gasteiger partial charge in [-0.05, 0) is 60.9 Å². The van der Waals surface area contributed by atoms with Crippen molar-refractivity contribution in [3.63, 3.8) is 0 Å². The maximum atomic E-state index is 12.8. The molecule has 11 heteroatoms. The van der Waals surface area contributed by atoms with Crippen molar-refractivity contribution < 1.29 is 13.2 Å². The first kappa shape index (κ1) is 22.0. The second kappa shape index (κ2) is 8.17. The Balaban J connectivity index is 1.35. The molecule has 0 spiro atoms. The Morgan fingerprint density at radius 3 is 2.85 bits per heavy atom. The minimum absolute atomic E-state index is 0.0432. The molecule has 0 unspecified atom stereocenters. The van der Waals surface area contributed by atoms with Crippen LogP contribution in [0.2, 0.25) is 0 Å². The number of amides is 1. The molecule has 4 aromatic rings. The van der Waals surface area contributed by atoms with Crippen LogP contribution in [0.5, 0.6) is 0 Å². The van der Waals surface area contributed by atoms with Crippen molar-refractivity contribution in [2.45, 2.75) is 26.2 Å². The molecule has 1 aliphatic carbocycles. The fourth-order valence-corrected chi connectivity index (χ4v) is 4.72. The predicted octanol–water partition coefficient (Wildman–Crippen LogP) is 2.72. The van der Waals surface area contributed by atoms with Gasteiger partial charge in [0.1, 0.15) is 11.6 Å². The minimum atomic E-state index is -3.44. The van der Waals surface area contributed by atoms with Crippen LogP contribution in [-0.4, -0.2) is 44.2 Å². The monoisotopic (exact) mass is 477 g/mol. The maximum Gasteiger partial charge on any atom is 0.253 e. The van der Waals surface area contributed by atoms with Gasteiger partial charge in [-0.3, -0.25) is 9.78 Å². The predicted molar refractivity (Wildman–Crippen MR) is 128 cm³/mol. The lowest BCUT2D eigenvalue weighted by Gasteiger charge is -2.10. The number of carbonyl (C=O) groups excluding carboxylic acids is 1. The van der Waals surface area contributed by atoms with E-state index >= 15 is 0 Å². The van der Waals surface area contributed by atoms with E-state index in [1.807, 2.05) is 19.1 Å². The van der Waals surface area contributed by atoms with Crippen LogP contribution in [-0.2, 0) is 14.8 Å². The van der Waals surface area contributed by atoms with Crippen LogP contribution < -0.4 is 11.1 Å². The standard InChI is InChI=1S/C23H23N7O3S/c1-3-34(32,33)30-12-15(9-27-30)16-8-17(16)23(31)29-21-7-14-6-20(18-10-25-5-4-13(18)2)28-22(24)19(14)11-26-21/h4-7,9-12,16-17H,3,8H2,1-2H3,(H2,24,28)(H,26,29,31)/t16-,17+/m0/s1. The van der Waals surface area contributed by atoms with Crippen LogP contribution in [0, 0.1) is 12.8 Å². The molecule has 34 heavy (non-hydrogen) atoms. The van der Waals surface area contributed by atoms with Crippen molar-refractivity contribution in [1.82, 2.24) is 24.1 Å². The molecule has 0 bridgehead atoms. The highest BCUT2D eigenvalue weighted by Crippen LogP contribution is 2.48. The molecule has 0 radical (unpaired) electrons. The zero-order chi connectivity index (χ0) is 24.0. The third kappa shape index (κ3) is 3.98. The molecule has 4 heterocycles. The largest absolute Gasteiger partial charge is 0.383 e. The number of rotatable bonds is 6. The SMILES string of the molecule is CCS(=O)(=O)n1cc([C@@H]2C[C@H]2C(=O)Nc2cc3cc(-c4cnccc4C)nc(N)c3cn2)cn1. The van der Waals surface area contributed by atoms with E-state index in [0.717, 1.165) is 26.2 Å². The van der Waals surface area contributed by atoms with Gasteiger partial charge in [0, 0.05) is 41.7 Å². The summed E-state index contributed by atoms with van der Waals surface area (Å²) in [5.41, 5.74) is 9.51. The van der Waals surface area contributed by atoms with Crippen LogP contribution in [0.3, 0.4) is 0 Å². The Morgan fingerprint density at radius 2 is 2.09 bits per heavy atom. The number of aromatic nitrogens is 5. The first-order chi connectivity index (χ1) is 16.3. The summed E-state index contributed by atoms with van der Waals surface area (Å²) in [6, 6.07) is 5.57. The number of nitrogen functional groups attached to an aromatic ring is 1. The van der Waals surface area contributed by atoms with Gasteiger partial charge in [-0.15, -0.1) is 0 Å². The smallest absolute Gasteiger partial charge is 0.253 e. The topological polar surface area (TPSA) is 146 Å². The molecule has 0 aliphatic heterocycles.